The lowest BCUT2D eigenvalue weighted by Gasteiger charge is -2.32. The highest BCUT2D eigenvalue weighted by Crippen LogP contribution is 2.15. The molecule has 1 saturated heterocycles. The third-order valence-electron chi connectivity index (χ3n) is 4.68. The molecule has 10 heteroatoms. The summed E-state index contributed by atoms with van der Waals surface area (Å²) in [6.45, 7) is 1.05. The number of hydrogen-bond acceptors (Lipinski definition) is 6. The number of hydrogen-bond donors (Lipinski definition) is 2. The van der Waals surface area contributed by atoms with Crippen LogP contribution in [0.3, 0.4) is 0 Å². The maximum Gasteiger partial charge on any atom is 0.273 e. The maximum atomic E-state index is 13.4. The highest BCUT2D eigenvalue weighted by atomic mass is 19.1. The van der Waals surface area contributed by atoms with Gasteiger partial charge in [-0.25, -0.2) is 14.4 Å². The predicted octanol–water partition coefficient (Wildman–Crippen LogP) is 1.24. The molecule has 3 rings (SSSR count). The number of carbonyl (C=O) groups is 3. The molecule has 2 heterocycles. The molecule has 30 heavy (non-hydrogen) atoms. The average Bonchev–Trinajstić information content (AvgIpc) is 2.74. The summed E-state index contributed by atoms with van der Waals surface area (Å²) >= 11 is 0. The number of benzene rings is 1. The van der Waals surface area contributed by atoms with Gasteiger partial charge < -0.3 is 20.3 Å². The van der Waals surface area contributed by atoms with Gasteiger partial charge in [-0.3, -0.25) is 14.4 Å². The molecule has 2 aromatic rings. The Balaban J connectivity index is 1.62. The van der Waals surface area contributed by atoms with E-state index >= 15 is 0 Å². The standard InChI is InChI=1S/C20H22FN5O4/c1-30-12-16(27)26-9-5-15(6-10-26)24-20(29)17-18(23-8-7-22-17)25-19(28)13-3-2-4-14(21)11-13/h2-4,7-8,11,15H,5-6,9-10,12H2,1H3,(H,24,29)(H,23,25,28). The number of aromatic nitrogens is 2. The van der Waals surface area contributed by atoms with E-state index in [0.717, 1.165) is 6.07 Å². The second-order valence-electron chi connectivity index (χ2n) is 6.78. The van der Waals surface area contributed by atoms with Gasteiger partial charge in [0.1, 0.15) is 12.4 Å². The molecule has 1 aliphatic rings. The van der Waals surface area contributed by atoms with E-state index in [0.29, 0.717) is 25.9 Å². The summed E-state index contributed by atoms with van der Waals surface area (Å²) in [5.74, 6) is -1.74. The average molecular weight is 415 g/mol. The number of ether oxygens (including phenoxy) is 1. The molecule has 0 unspecified atom stereocenters. The number of piperidine rings is 1. The Bertz CT molecular complexity index is 931. The van der Waals surface area contributed by atoms with E-state index in [1.165, 1.54) is 37.7 Å². The van der Waals surface area contributed by atoms with Crippen molar-refractivity contribution in [3.8, 4) is 0 Å². The van der Waals surface area contributed by atoms with Crippen molar-refractivity contribution in [1.82, 2.24) is 20.2 Å². The van der Waals surface area contributed by atoms with Gasteiger partial charge in [-0.05, 0) is 31.0 Å². The van der Waals surface area contributed by atoms with Crippen LogP contribution in [0.4, 0.5) is 10.2 Å². The van der Waals surface area contributed by atoms with E-state index in [4.69, 9.17) is 4.74 Å². The Labute approximate surface area is 172 Å². The summed E-state index contributed by atoms with van der Waals surface area (Å²) in [6, 6.07) is 5.04. The highest BCUT2D eigenvalue weighted by Gasteiger charge is 2.25. The third kappa shape index (κ3) is 5.35. The number of amides is 3. The van der Waals surface area contributed by atoms with Gasteiger partial charge in [0, 0.05) is 44.2 Å². The zero-order valence-electron chi connectivity index (χ0n) is 16.4. The van der Waals surface area contributed by atoms with Crippen LogP contribution >= 0.6 is 0 Å². The second kappa shape index (κ2) is 9.88. The van der Waals surface area contributed by atoms with Gasteiger partial charge >= 0.3 is 0 Å². The van der Waals surface area contributed by atoms with Gasteiger partial charge in [-0.1, -0.05) is 6.07 Å². The Kier molecular flexibility index (Phi) is 7.02. The molecular formula is C20H22FN5O4. The first kappa shape index (κ1) is 21.3. The minimum atomic E-state index is -0.603. The normalized spacial score (nSPS) is 14.3. The highest BCUT2D eigenvalue weighted by molar-refractivity contribution is 6.07. The lowest BCUT2D eigenvalue weighted by molar-refractivity contribution is -0.136. The number of nitrogens with zero attached hydrogens (tertiary/aromatic N) is 3. The molecule has 0 spiro atoms. The number of carbonyl (C=O) groups excluding carboxylic acids is 3. The molecule has 0 bridgehead atoms. The van der Waals surface area contributed by atoms with Gasteiger partial charge in [0.25, 0.3) is 11.8 Å². The molecule has 0 atom stereocenters. The van der Waals surface area contributed by atoms with E-state index in [9.17, 15) is 18.8 Å². The van der Waals surface area contributed by atoms with Crippen LogP contribution in [-0.2, 0) is 9.53 Å². The smallest absolute Gasteiger partial charge is 0.273 e. The molecule has 2 N–H and O–H groups in total. The van der Waals surface area contributed by atoms with Crippen molar-refractivity contribution in [3.05, 3.63) is 53.7 Å². The van der Waals surface area contributed by atoms with Gasteiger partial charge in [0.2, 0.25) is 5.91 Å². The Hall–Kier alpha value is -3.40. The van der Waals surface area contributed by atoms with Crippen molar-refractivity contribution in [2.24, 2.45) is 0 Å². The van der Waals surface area contributed by atoms with Crippen molar-refractivity contribution < 1.29 is 23.5 Å². The largest absolute Gasteiger partial charge is 0.375 e. The molecule has 3 amide bonds. The fourth-order valence-corrected chi connectivity index (χ4v) is 3.15. The van der Waals surface area contributed by atoms with Crippen LogP contribution in [-0.4, -0.2) is 65.4 Å². The molecule has 158 valence electrons. The number of rotatable bonds is 6. The second-order valence-corrected chi connectivity index (χ2v) is 6.78. The van der Waals surface area contributed by atoms with Gasteiger partial charge in [0.15, 0.2) is 11.5 Å². The monoisotopic (exact) mass is 415 g/mol. The van der Waals surface area contributed by atoms with Gasteiger partial charge in [-0.15, -0.1) is 0 Å². The molecule has 1 fully saturated rings. The number of nitrogens with one attached hydrogen (secondary N) is 2. The number of likely N-dealkylation sites (tertiary alicyclic amines) is 1. The van der Waals surface area contributed by atoms with Gasteiger partial charge in [-0.2, -0.15) is 0 Å². The minimum Gasteiger partial charge on any atom is -0.375 e. The topological polar surface area (TPSA) is 114 Å². The van der Waals surface area contributed by atoms with E-state index in [1.807, 2.05) is 0 Å². The fraction of sp³-hybridized carbons (Fsp3) is 0.350. The quantitative estimate of drug-likeness (QED) is 0.734. The van der Waals surface area contributed by atoms with Crippen LogP contribution in [0.25, 0.3) is 0 Å². The molecule has 1 aromatic heterocycles. The first-order chi connectivity index (χ1) is 14.5. The lowest BCUT2D eigenvalue weighted by Crippen LogP contribution is -2.47. The van der Waals surface area contributed by atoms with Crippen LogP contribution in [0.1, 0.15) is 33.7 Å². The summed E-state index contributed by atoms with van der Waals surface area (Å²) in [5.41, 5.74) is 0.0558. The van der Waals surface area contributed by atoms with E-state index in [1.54, 1.807) is 4.90 Å². The third-order valence-corrected chi connectivity index (χ3v) is 4.68. The van der Waals surface area contributed by atoms with Crippen LogP contribution in [0.15, 0.2) is 36.7 Å². The summed E-state index contributed by atoms with van der Waals surface area (Å²) in [4.78, 5) is 46.7. The number of anilines is 1. The molecule has 1 aromatic carbocycles. The zero-order valence-corrected chi connectivity index (χ0v) is 16.4. The SMILES string of the molecule is COCC(=O)N1CCC(NC(=O)c2nccnc2NC(=O)c2cccc(F)c2)CC1. The van der Waals surface area contributed by atoms with Crippen molar-refractivity contribution in [2.75, 3.05) is 32.1 Å². The van der Waals surface area contributed by atoms with Crippen molar-refractivity contribution in [1.29, 1.82) is 0 Å². The van der Waals surface area contributed by atoms with Crippen LogP contribution in [0, 0.1) is 5.82 Å². The van der Waals surface area contributed by atoms with Crippen LogP contribution in [0.5, 0.6) is 0 Å². The molecular weight excluding hydrogens is 393 g/mol. The van der Waals surface area contributed by atoms with E-state index in [2.05, 4.69) is 20.6 Å². The van der Waals surface area contributed by atoms with Crippen LogP contribution < -0.4 is 10.6 Å². The van der Waals surface area contributed by atoms with Crippen molar-refractivity contribution >= 4 is 23.5 Å². The molecule has 0 radical (unpaired) electrons. The first-order valence-corrected chi connectivity index (χ1v) is 9.43. The Morgan fingerprint density at radius 1 is 1.17 bits per heavy atom. The van der Waals surface area contributed by atoms with E-state index < -0.39 is 17.6 Å². The van der Waals surface area contributed by atoms with Crippen molar-refractivity contribution in [3.63, 3.8) is 0 Å². The lowest BCUT2D eigenvalue weighted by atomic mass is 10.0. The molecule has 0 saturated carbocycles. The zero-order chi connectivity index (χ0) is 21.5. The maximum absolute atomic E-state index is 13.4. The van der Waals surface area contributed by atoms with Crippen molar-refractivity contribution in [2.45, 2.75) is 18.9 Å². The molecule has 1 aliphatic heterocycles. The summed E-state index contributed by atoms with van der Waals surface area (Å²) in [7, 11) is 1.47. The number of halogens is 1. The number of methoxy groups -OCH3 is 1. The Morgan fingerprint density at radius 3 is 2.60 bits per heavy atom. The summed E-state index contributed by atoms with van der Waals surface area (Å²) in [5, 5.41) is 5.37. The first-order valence-electron chi connectivity index (χ1n) is 9.43. The fourth-order valence-electron chi connectivity index (χ4n) is 3.15. The minimum absolute atomic E-state index is 0.0167. The predicted molar refractivity (Wildman–Crippen MR) is 105 cm³/mol. The molecule has 9 nitrogen and oxygen atoms in total. The molecule has 0 aliphatic carbocycles. The van der Waals surface area contributed by atoms with Gasteiger partial charge in [0.05, 0.1) is 0 Å². The van der Waals surface area contributed by atoms with Crippen LogP contribution in [0.2, 0.25) is 0 Å². The summed E-state index contributed by atoms with van der Waals surface area (Å²) in [6.07, 6.45) is 3.87. The van der Waals surface area contributed by atoms with E-state index in [-0.39, 0.29) is 35.6 Å². The summed E-state index contributed by atoms with van der Waals surface area (Å²) < 4.78 is 18.2. The Morgan fingerprint density at radius 2 is 1.90 bits per heavy atom.